The van der Waals surface area contributed by atoms with Gasteiger partial charge in [0.25, 0.3) is 0 Å². The molecule has 0 spiro atoms. The highest BCUT2D eigenvalue weighted by molar-refractivity contribution is 7.99. The second-order valence-electron chi connectivity index (χ2n) is 6.77. The molecule has 0 aliphatic carbocycles. The van der Waals surface area contributed by atoms with E-state index in [0.29, 0.717) is 17.5 Å². The average Bonchev–Trinajstić information content (AvgIpc) is 3.22. The maximum Gasteiger partial charge on any atom is 0.230 e. The van der Waals surface area contributed by atoms with Crippen LogP contribution in [0.4, 0.5) is 0 Å². The van der Waals surface area contributed by atoms with Gasteiger partial charge in [0.2, 0.25) is 5.91 Å². The SMILES string of the molecule is Cc1ccc(CNC(=O)CSc2nnc(-c3cccnc3)n2-c2ccccc2)cc1. The minimum Gasteiger partial charge on any atom is -0.351 e. The Morgan fingerprint density at radius 2 is 1.80 bits per heavy atom. The molecule has 0 aliphatic rings. The molecule has 150 valence electrons. The topological polar surface area (TPSA) is 72.7 Å². The fourth-order valence-corrected chi connectivity index (χ4v) is 3.72. The summed E-state index contributed by atoms with van der Waals surface area (Å²) in [6.45, 7) is 2.55. The molecule has 4 aromatic rings. The molecule has 0 fully saturated rings. The van der Waals surface area contributed by atoms with Crippen molar-refractivity contribution in [1.82, 2.24) is 25.1 Å². The first-order valence-corrected chi connectivity index (χ1v) is 10.6. The number of aromatic nitrogens is 4. The lowest BCUT2D eigenvalue weighted by atomic mass is 10.1. The standard InChI is InChI=1S/C23H21N5OS/c1-17-9-11-18(12-10-17)14-25-21(29)16-30-23-27-26-22(19-6-5-13-24-15-19)28(23)20-7-3-2-4-8-20/h2-13,15H,14,16H2,1H3,(H,25,29). The Morgan fingerprint density at radius 1 is 1.00 bits per heavy atom. The van der Waals surface area contributed by atoms with Gasteiger partial charge in [-0.25, -0.2) is 0 Å². The Balaban J connectivity index is 1.49. The number of carbonyl (C=O) groups is 1. The Bertz CT molecular complexity index is 1110. The van der Waals surface area contributed by atoms with Gasteiger partial charge in [-0.05, 0) is 36.8 Å². The fraction of sp³-hybridized carbons (Fsp3) is 0.130. The number of benzene rings is 2. The number of aryl methyl sites for hydroxylation is 1. The number of nitrogens with one attached hydrogen (secondary N) is 1. The minimum absolute atomic E-state index is 0.0499. The van der Waals surface area contributed by atoms with E-state index in [1.165, 1.54) is 17.3 Å². The molecule has 7 heteroatoms. The molecule has 2 heterocycles. The van der Waals surface area contributed by atoms with Crippen LogP contribution >= 0.6 is 11.8 Å². The molecule has 0 saturated carbocycles. The zero-order valence-corrected chi connectivity index (χ0v) is 17.3. The van der Waals surface area contributed by atoms with Crippen LogP contribution in [0.1, 0.15) is 11.1 Å². The summed E-state index contributed by atoms with van der Waals surface area (Å²) in [6.07, 6.45) is 3.48. The molecule has 0 unspecified atom stereocenters. The van der Waals surface area contributed by atoms with Gasteiger partial charge in [-0.3, -0.25) is 14.3 Å². The first-order valence-electron chi connectivity index (χ1n) is 9.57. The van der Waals surface area contributed by atoms with Gasteiger partial charge >= 0.3 is 0 Å². The van der Waals surface area contributed by atoms with Gasteiger partial charge < -0.3 is 5.32 Å². The van der Waals surface area contributed by atoms with Crippen LogP contribution in [0.3, 0.4) is 0 Å². The summed E-state index contributed by atoms with van der Waals surface area (Å²) >= 11 is 1.36. The third-order valence-electron chi connectivity index (χ3n) is 4.51. The molecule has 0 radical (unpaired) electrons. The predicted molar refractivity (Wildman–Crippen MR) is 118 cm³/mol. The van der Waals surface area contributed by atoms with Gasteiger partial charge in [-0.1, -0.05) is 59.8 Å². The number of para-hydroxylation sites is 1. The number of pyridine rings is 1. The van der Waals surface area contributed by atoms with Crippen molar-refractivity contribution < 1.29 is 4.79 Å². The normalized spacial score (nSPS) is 10.7. The quantitative estimate of drug-likeness (QED) is 0.461. The van der Waals surface area contributed by atoms with E-state index < -0.39 is 0 Å². The van der Waals surface area contributed by atoms with E-state index in [-0.39, 0.29) is 11.7 Å². The molecule has 0 atom stereocenters. The number of hydrogen-bond acceptors (Lipinski definition) is 5. The number of rotatable bonds is 7. The summed E-state index contributed by atoms with van der Waals surface area (Å²) in [5.74, 6) is 0.895. The number of carbonyl (C=O) groups excluding carboxylic acids is 1. The van der Waals surface area contributed by atoms with E-state index in [2.05, 4.69) is 20.5 Å². The molecule has 1 N–H and O–H groups in total. The molecular formula is C23H21N5OS. The first-order chi connectivity index (χ1) is 14.7. The zero-order chi connectivity index (χ0) is 20.8. The Kier molecular flexibility index (Phi) is 6.20. The lowest BCUT2D eigenvalue weighted by Crippen LogP contribution is -2.24. The van der Waals surface area contributed by atoms with Crippen molar-refractivity contribution in [3.8, 4) is 17.1 Å². The third kappa shape index (κ3) is 4.75. The van der Waals surface area contributed by atoms with Crippen molar-refractivity contribution in [2.24, 2.45) is 0 Å². The fourth-order valence-electron chi connectivity index (χ4n) is 2.94. The summed E-state index contributed by atoms with van der Waals surface area (Å²) in [7, 11) is 0. The second-order valence-corrected chi connectivity index (χ2v) is 7.71. The van der Waals surface area contributed by atoms with Gasteiger partial charge in [0.15, 0.2) is 11.0 Å². The van der Waals surface area contributed by atoms with Crippen molar-refractivity contribution in [2.75, 3.05) is 5.75 Å². The summed E-state index contributed by atoms with van der Waals surface area (Å²) < 4.78 is 1.95. The number of amides is 1. The summed E-state index contributed by atoms with van der Waals surface area (Å²) in [5, 5.41) is 12.3. The van der Waals surface area contributed by atoms with E-state index >= 15 is 0 Å². The Morgan fingerprint density at radius 3 is 2.53 bits per heavy atom. The lowest BCUT2D eigenvalue weighted by Gasteiger charge is -2.10. The zero-order valence-electron chi connectivity index (χ0n) is 16.5. The van der Waals surface area contributed by atoms with E-state index in [0.717, 1.165) is 16.8 Å². The van der Waals surface area contributed by atoms with Crippen LogP contribution in [0.5, 0.6) is 0 Å². The van der Waals surface area contributed by atoms with Crippen molar-refractivity contribution in [1.29, 1.82) is 0 Å². The summed E-state index contributed by atoms with van der Waals surface area (Å²) in [4.78, 5) is 16.6. The maximum atomic E-state index is 12.4. The highest BCUT2D eigenvalue weighted by Crippen LogP contribution is 2.27. The Labute approximate surface area is 179 Å². The monoisotopic (exact) mass is 415 g/mol. The van der Waals surface area contributed by atoms with Crippen molar-refractivity contribution in [3.05, 3.63) is 90.3 Å². The van der Waals surface area contributed by atoms with Crippen LogP contribution in [0, 0.1) is 6.92 Å². The average molecular weight is 416 g/mol. The number of hydrogen-bond donors (Lipinski definition) is 1. The van der Waals surface area contributed by atoms with E-state index in [1.807, 2.05) is 78.2 Å². The van der Waals surface area contributed by atoms with E-state index in [1.54, 1.807) is 12.4 Å². The highest BCUT2D eigenvalue weighted by Gasteiger charge is 2.17. The van der Waals surface area contributed by atoms with Gasteiger partial charge in [-0.15, -0.1) is 10.2 Å². The van der Waals surface area contributed by atoms with E-state index in [4.69, 9.17) is 0 Å². The lowest BCUT2D eigenvalue weighted by molar-refractivity contribution is -0.118. The van der Waals surface area contributed by atoms with Crippen molar-refractivity contribution in [2.45, 2.75) is 18.6 Å². The maximum absolute atomic E-state index is 12.4. The second kappa shape index (κ2) is 9.37. The van der Waals surface area contributed by atoms with Gasteiger partial charge in [-0.2, -0.15) is 0 Å². The van der Waals surface area contributed by atoms with Crippen LogP contribution in [0.15, 0.2) is 84.3 Å². The number of nitrogens with zero attached hydrogens (tertiary/aromatic N) is 4. The van der Waals surface area contributed by atoms with Gasteiger partial charge in [0.05, 0.1) is 5.75 Å². The molecule has 2 aromatic carbocycles. The van der Waals surface area contributed by atoms with Crippen LogP contribution in [-0.4, -0.2) is 31.4 Å². The van der Waals surface area contributed by atoms with Crippen LogP contribution < -0.4 is 5.32 Å². The summed E-state index contributed by atoms with van der Waals surface area (Å²) in [6, 6.07) is 21.8. The molecule has 0 aliphatic heterocycles. The van der Waals surface area contributed by atoms with Crippen LogP contribution in [0.25, 0.3) is 17.1 Å². The van der Waals surface area contributed by atoms with E-state index in [9.17, 15) is 4.79 Å². The van der Waals surface area contributed by atoms with Crippen LogP contribution in [0.2, 0.25) is 0 Å². The third-order valence-corrected chi connectivity index (χ3v) is 5.44. The molecule has 30 heavy (non-hydrogen) atoms. The molecule has 4 rings (SSSR count). The highest BCUT2D eigenvalue weighted by atomic mass is 32.2. The predicted octanol–water partition coefficient (Wildman–Crippen LogP) is 4.05. The molecule has 0 bridgehead atoms. The largest absolute Gasteiger partial charge is 0.351 e. The molecular weight excluding hydrogens is 394 g/mol. The van der Waals surface area contributed by atoms with Crippen molar-refractivity contribution in [3.63, 3.8) is 0 Å². The number of thioether (sulfide) groups is 1. The molecule has 0 saturated heterocycles. The van der Waals surface area contributed by atoms with Gasteiger partial charge in [0.1, 0.15) is 0 Å². The van der Waals surface area contributed by atoms with Crippen LogP contribution in [-0.2, 0) is 11.3 Å². The minimum atomic E-state index is -0.0499. The molecule has 6 nitrogen and oxygen atoms in total. The van der Waals surface area contributed by atoms with Gasteiger partial charge in [0, 0.05) is 30.2 Å². The smallest absolute Gasteiger partial charge is 0.230 e. The first kappa shape index (κ1) is 19.8. The molecule has 1 amide bonds. The molecule has 2 aromatic heterocycles. The Hall–Kier alpha value is -3.45. The summed E-state index contributed by atoms with van der Waals surface area (Å²) in [5.41, 5.74) is 4.07. The van der Waals surface area contributed by atoms with Crippen molar-refractivity contribution >= 4 is 17.7 Å².